The van der Waals surface area contributed by atoms with E-state index in [0.717, 1.165) is 65.9 Å². The predicted molar refractivity (Wildman–Crippen MR) is 122 cm³/mol. The number of aryl methyl sites for hydroxylation is 2. The SMILES string of the molecule is Cc1cccc(C)c1NC(=O)CN1CCN(Cc2c(O)ccc3ccccc23)CC1. The van der Waals surface area contributed by atoms with Gasteiger partial charge in [0.2, 0.25) is 5.91 Å². The molecule has 0 spiro atoms. The van der Waals surface area contributed by atoms with Crippen LogP contribution in [0.4, 0.5) is 5.69 Å². The molecule has 0 aliphatic carbocycles. The number of piperazine rings is 1. The number of anilines is 1. The summed E-state index contributed by atoms with van der Waals surface area (Å²) in [7, 11) is 0. The molecule has 3 aromatic rings. The summed E-state index contributed by atoms with van der Waals surface area (Å²) in [6.45, 7) is 8.58. The smallest absolute Gasteiger partial charge is 0.238 e. The van der Waals surface area contributed by atoms with E-state index in [-0.39, 0.29) is 5.91 Å². The molecule has 1 fully saturated rings. The molecule has 3 aromatic carbocycles. The van der Waals surface area contributed by atoms with E-state index in [1.165, 1.54) is 0 Å². The van der Waals surface area contributed by atoms with Gasteiger partial charge in [-0.25, -0.2) is 0 Å². The van der Waals surface area contributed by atoms with Gasteiger partial charge >= 0.3 is 0 Å². The number of rotatable bonds is 5. The van der Waals surface area contributed by atoms with Gasteiger partial charge in [-0.1, -0.05) is 48.5 Å². The second kappa shape index (κ2) is 8.86. The fourth-order valence-corrected chi connectivity index (χ4v) is 4.21. The number of amides is 1. The van der Waals surface area contributed by atoms with Crippen LogP contribution in [0.1, 0.15) is 16.7 Å². The highest BCUT2D eigenvalue weighted by molar-refractivity contribution is 5.93. The predicted octanol–water partition coefficient (Wildman–Crippen LogP) is 3.92. The molecule has 30 heavy (non-hydrogen) atoms. The summed E-state index contributed by atoms with van der Waals surface area (Å²) in [4.78, 5) is 17.1. The van der Waals surface area contributed by atoms with Crippen LogP contribution in [0, 0.1) is 13.8 Å². The van der Waals surface area contributed by atoms with Crippen molar-refractivity contribution in [2.24, 2.45) is 0 Å². The van der Waals surface area contributed by atoms with Crippen LogP contribution in [0.15, 0.2) is 54.6 Å². The molecule has 1 aliphatic rings. The lowest BCUT2D eigenvalue weighted by molar-refractivity contribution is -0.117. The lowest BCUT2D eigenvalue weighted by Crippen LogP contribution is -2.48. The topological polar surface area (TPSA) is 55.8 Å². The van der Waals surface area contributed by atoms with Crippen molar-refractivity contribution in [1.82, 2.24) is 9.80 Å². The van der Waals surface area contributed by atoms with Gasteiger partial charge in [-0.3, -0.25) is 14.6 Å². The van der Waals surface area contributed by atoms with Crippen LogP contribution < -0.4 is 5.32 Å². The molecule has 4 rings (SSSR count). The number of benzene rings is 3. The van der Waals surface area contributed by atoms with Gasteiger partial charge in [0.05, 0.1) is 6.54 Å². The Morgan fingerprint density at radius 1 is 0.900 bits per heavy atom. The molecule has 5 nitrogen and oxygen atoms in total. The maximum atomic E-state index is 12.5. The van der Waals surface area contributed by atoms with Gasteiger partial charge in [0.25, 0.3) is 0 Å². The molecule has 5 heteroatoms. The van der Waals surface area contributed by atoms with Crippen molar-refractivity contribution in [2.75, 3.05) is 38.0 Å². The van der Waals surface area contributed by atoms with E-state index in [2.05, 4.69) is 27.2 Å². The van der Waals surface area contributed by atoms with Crippen molar-refractivity contribution < 1.29 is 9.90 Å². The summed E-state index contributed by atoms with van der Waals surface area (Å²) in [5.41, 5.74) is 4.08. The zero-order valence-electron chi connectivity index (χ0n) is 17.7. The van der Waals surface area contributed by atoms with Gasteiger partial charge in [-0.15, -0.1) is 0 Å². The maximum Gasteiger partial charge on any atom is 0.238 e. The largest absolute Gasteiger partial charge is 0.508 e. The lowest BCUT2D eigenvalue weighted by atomic mass is 10.0. The highest BCUT2D eigenvalue weighted by Crippen LogP contribution is 2.28. The fourth-order valence-electron chi connectivity index (χ4n) is 4.21. The molecule has 0 aromatic heterocycles. The Kier molecular flexibility index (Phi) is 6.02. The molecule has 0 atom stereocenters. The number of carbonyl (C=O) groups is 1. The van der Waals surface area contributed by atoms with Crippen LogP contribution in [-0.2, 0) is 11.3 Å². The summed E-state index contributed by atoms with van der Waals surface area (Å²) in [5, 5.41) is 15.7. The average molecular weight is 404 g/mol. The first-order valence-corrected chi connectivity index (χ1v) is 10.5. The van der Waals surface area contributed by atoms with Gasteiger partial charge in [-0.2, -0.15) is 0 Å². The monoisotopic (exact) mass is 403 g/mol. The first-order valence-electron chi connectivity index (χ1n) is 10.5. The second-order valence-corrected chi connectivity index (χ2v) is 8.15. The zero-order chi connectivity index (χ0) is 21.1. The number of nitrogens with one attached hydrogen (secondary N) is 1. The van der Waals surface area contributed by atoms with E-state index < -0.39 is 0 Å². The third-order valence-corrected chi connectivity index (χ3v) is 5.98. The Labute approximate surface area is 177 Å². The Hall–Kier alpha value is -2.89. The third-order valence-electron chi connectivity index (χ3n) is 5.98. The number of aromatic hydroxyl groups is 1. The van der Waals surface area contributed by atoms with Crippen LogP contribution in [0.2, 0.25) is 0 Å². The minimum absolute atomic E-state index is 0.0348. The Balaban J connectivity index is 1.34. The standard InChI is InChI=1S/C25H29N3O2/c1-18-6-5-7-19(2)25(18)26-24(30)17-28-14-12-27(13-15-28)16-22-21-9-4-3-8-20(21)10-11-23(22)29/h3-11,29H,12-17H2,1-2H3,(H,26,30). The van der Waals surface area contributed by atoms with Crippen LogP contribution in [0.25, 0.3) is 10.8 Å². The number of phenolic OH excluding ortho intramolecular Hbond substituents is 1. The third kappa shape index (κ3) is 4.48. The second-order valence-electron chi connectivity index (χ2n) is 8.15. The zero-order valence-corrected chi connectivity index (χ0v) is 17.7. The Morgan fingerprint density at radius 2 is 1.57 bits per heavy atom. The van der Waals surface area contributed by atoms with E-state index in [9.17, 15) is 9.90 Å². The first-order chi connectivity index (χ1) is 14.5. The molecular weight excluding hydrogens is 374 g/mol. The van der Waals surface area contributed by atoms with Crippen molar-refractivity contribution in [3.05, 3.63) is 71.3 Å². The van der Waals surface area contributed by atoms with Gasteiger partial charge in [0.15, 0.2) is 0 Å². The number of hydrogen-bond acceptors (Lipinski definition) is 4. The highest BCUT2D eigenvalue weighted by Gasteiger charge is 2.21. The van der Waals surface area contributed by atoms with Crippen molar-refractivity contribution >= 4 is 22.4 Å². The van der Waals surface area contributed by atoms with Crippen molar-refractivity contribution in [3.8, 4) is 5.75 Å². The first kappa shape index (κ1) is 20.4. The summed E-state index contributed by atoms with van der Waals surface area (Å²) in [6, 6.07) is 18.0. The number of para-hydroxylation sites is 1. The molecule has 156 valence electrons. The number of phenols is 1. The van der Waals surface area contributed by atoms with E-state index in [0.29, 0.717) is 12.3 Å². The Bertz CT molecular complexity index is 1040. The molecule has 1 heterocycles. The van der Waals surface area contributed by atoms with Gasteiger partial charge < -0.3 is 10.4 Å². The van der Waals surface area contributed by atoms with Crippen molar-refractivity contribution in [2.45, 2.75) is 20.4 Å². The molecule has 0 radical (unpaired) electrons. The van der Waals surface area contributed by atoms with Gasteiger partial charge in [0.1, 0.15) is 5.75 Å². The average Bonchev–Trinajstić information content (AvgIpc) is 2.74. The molecule has 1 amide bonds. The summed E-state index contributed by atoms with van der Waals surface area (Å²) in [5.74, 6) is 0.386. The molecule has 0 unspecified atom stereocenters. The summed E-state index contributed by atoms with van der Waals surface area (Å²) < 4.78 is 0. The van der Waals surface area contributed by atoms with Crippen LogP contribution >= 0.6 is 0 Å². The van der Waals surface area contributed by atoms with Gasteiger partial charge in [-0.05, 0) is 41.8 Å². The van der Waals surface area contributed by atoms with Crippen LogP contribution in [0.3, 0.4) is 0 Å². The maximum absolute atomic E-state index is 12.5. The number of hydrogen-bond donors (Lipinski definition) is 2. The number of nitrogens with zero attached hydrogens (tertiary/aromatic N) is 2. The molecule has 1 saturated heterocycles. The fraction of sp³-hybridized carbons (Fsp3) is 0.320. The quantitative estimate of drug-likeness (QED) is 0.678. The molecule has 0 saturated carbocycles. The Morgan fingerprint density at radius 3 is 2.30 bits per heavy atom. The van der Waals surface area contributed by atoms with E-state index in [4.69, 9.17) is 0 Å². The minimum atomic E-state index is 0.0348. The van der Waals surface area contributed by atoms with E-state index >= 15 is 0 Å². The van der Waals surface area contributed by atoms with Gasteiger partial charge in [0, 0.05) is 44.0 Å². The number of carbonyl (C=O) groups excluding carboxylic acids is 1. The molecule has 1 aliphatic heterocycles. The highest BCUT2D eigenvalue weighted by atomic mass is 16.3. The van der Waals surface area contributed by atoms with E-state index in [1.54, 1.807) is 6.07 Å². The summed E-state index contributed by atoms with van der Waals surface area (Å²) in [6.07, 6.45) is 0. The van der Waals surface area contributed by atoms with Crippen molar-refractivity contribution in [3.63, 3.8) is 0 Å². The molecule has 0 bridgehead atoms. The van der Waals surface area contributed by atoms with E-state index in [1.807, 2.05) is 50.2 Å². The summed E-state index contributed by atoms with van der Waals surface area (Å²) >= 11 is 0. The van der Waals surface area contributed by atoms with Crippen molar-refractivity contribution in [1.29, 1.82) is 0 Å². The van der Waals surface area contributed by atoms with Crippen LogP contribution in [0.5, 0.6) is 5.75 Å². The minimum Gasteiger partial charge on any atom is -0.508 e. The van der Waals surface area contributed by atoms with Crippen LogP contribution in [-0.4, -0.2) is 53.5 Å². The molecular formula is C25H29N3O2. The lowest BCUT2D eigenvalue weighted by Gasteiger charge is -2.34. The number of fused-ring (bicyclic) bond motifs is 1. The normalized spacial score (nSPS) is 15.4. The molecule has 2 N–H and O–H groups in total.